The highest BCUT2D eigenvalue weighted by Gasteiger charge is 2.30. The van der Waals surface area contributed by atoms with Crippen LogP contribution in [0.15, 0.2) is 57.4 Å². The van der Waals surface area contributed by atoms with E-state index >= 15 is 0 Å². The molecule has 0 aliphatic rings. The molecule has 170 valence electrons. The van der Waals surface area contributed by atoms with E-state index in [4.69, 9.17) is 11.2 Å². The van der Waals surface area contributed by atoms with E-state index in [1.165, 1.54) is 29.7 Å². The first-order valence-corrected chi connectivity index (χ1v) is 11.0. The smallest absolute Gasteiger partial charge is 0.416 e. The third-order valence-electron chi connectivity index (χ3n) is 4.00. The van der Waals surface area contributed by atoms with Crippen molar-refractivity contribution in [1.29, 1.82) is 0 Å². The lowest BCUT2D eigenvalue weighted by Crippen LogP contribution is -2.19. The van der Waals surface area contributed by atoms with Gasteiger partial charge in [0.1, 0.15) is 12.4 Å². The molecule has 0 saturated carbocycles. The number of alkyl halides is 3. The first-order chi connectivity index (χ1) is 15.7. The average Bonchev–Trinajstić information content (AvgIpc) is 3.19. The predicted molar refractivity (Wildman–Crippen MR) is 125 cm³/mol. The summed E-state index contributed by atoms with van der Waals surface area (Å²) in [5, 5.41) is 8.75. The number of anilines is 2. The number of terminal acetylenes is 1. The number of ether oxygens (including phenoxy) is 1. The van der Waals surface area contributed by atoms with E-state index < -0.39 is 17.6 Å². The Kier molecular flexibility index (Phi) is 8.08. The summed E-state index contributed by atoms with van der Waals surface area (Å²) in [6.07, 6.45) is 2.16. The second kappa shape index (κ2) is 11.0. The Labute approximate surface area is 200 Å². The van der Waals surface area contributed by atoms with Crippen molar-refractivity contribution in [3.8, 4) is 18.1 Å². The summed E-state index contributed by atoms with van der Waals surface area (Å²) in [6, 6.07) is 10.0. The maximum atomic E-state index is 12.8. The van der Waals surface area contributed by atoms with Gasteiger partial charge in [-0.3, -0.25) is 4.79 Å². The van der Waals surface area contributed by atoms with Crippen molar-refractivity contribution in [3.63, 3.8) is 0 Å². The lowest BCUT2D eigenvalue weighted by molar-refractivity contribution is -0.137. The van der Waals surface area contributed by atoms with E-state index in [0.717, 1.165) is 17.7 Å². The van der Waals surface area contributed by atoms with Crippen LogP contribution in [0.2, 0.25) is 0 Å². The Bertz CT molecular complexity index is 1200. The molecule has 0 atom stereocenters. The molecule has 2 aromatic carbocycles. The van der Waals surface area contributed by atoms with Crippen LogP contribution in [0.4, 0.5) is 24.0 Å². The highest BCUT2D eigenvalue weighted by molar-refractivity contribution is 9.10. The highest BCUT2D eigenvalue weighted by Crippen LogP contribution is 2.32. The Morgan fingerprint density at radius 1 is 1.30 bits per heavy atom. The van der Waals surface area contributed by atoms with Crippen molar-refractivity contribution < 1.29 is 22.7 Å². The molecular weight excluding hydrogens is 521 g/mol. The van der Waals surface area contributed by atoms with Crippen LogP contribution >= 0.6 is 27.3 Å². The summed E-state index contributed by atoms with van der Waals surface area (Å²) in [5.41, 5.74) is 3.08. The number of aromatic nitrogens is 1. The fourth-order valence-corrected chi connectivity index (χ4v) is 3.80. The maximum Gasteiger partial charge on any atom is 0.416 e. The van der Waals surface area contributed by atoms with Crippen molar-refractivity contribution in [2.75, 3.05) is 11.9 Å². The molecule has 1 amide bonds. The van der Waals surface area contributed by atoms with Crippen LogP contribution in [0.5, 0.6) is 5.75 Å². The van der Waals surface area contributed by atoms with Gasteiger partial charge in [0.15, 0.2) is 5.13 Å². The topological polar surface area (TPSA) is 75.6 Å². The van der Waals surface area contributed by atoms with Gasteiger partial charge in [0.2, 0.25) is 5.91 Å². The molecule has 1 heterocycles. The highest BCUT2D eigenvalue weighted by atomic mass is 79.9. The molecule has 0 aliphatic carbocycles. The van der Waals surface area contributed by atoms with Crippen LogP contribution in [0.3, 0.4) is 0 Å². The van der Waals surface area contributed by atoms with Gasteiger partial charge >= 0.3 is 6.18 Å². The molecule has 3 rings (SSSR count). The molecule has 0 spiro atoms. The Balaban J connectivity index is 1.53. The number of benzene rings is 2. The summed E-state index contributed by atoms with van der Waals surface area (Å²) < 4.78 is 44.5. The fourth-order valence-electron chi connectivity index (χ4n) is 2.56. The van der Waals surface area contributed by atoms with Gasteiger partial charge in [-0.1, -0.05) is 12.0 Å². The molecule has 1 aromatic heterocycles. The largest absolute Gasteiger partial charge is 0.480 e. The summed E-state index contributed by atoms with van der Waals surface area (Å²) in [4.78, 5) is 16.3. The van der Waals surface area contributed by atoms with Crippen molar-refractivity contribution in [2.24, 2.45) is 5.10 Å². The van der Waals surface area contributed by atoms with Gasteiger partial charge in [-0.05, 0) is 57.9 Å². The average molecular weight is 537 g/mol. The molecular formula is C22H16BrF3N4O2S. The molecule has 11 heteroatoms. The van der Waals surface area contributed by atoms with Crippen molar-refractivity contribution in [3.05, 3.63) is 69.1 Å². The zero-order valence-electron chi connectivity index (χ0n) is 16.8. The van der Waals surface area contributed by atoms with Crippen LogP contribution in [0.1, 0.15) is 16.8 Å². The molecule has 2 N–H and O–H groups in total. The van der Waals surface area contributed by atoms with Gasteiger partial charge in [0, 0.05) is 11.1 Å². The predicted octanol–water partition coefficient (Wildman–Crippen LogP) is 5.37. The molecule has 0 bridgehead atoms. The van der Waals surface area contributed by atoms with Crippen LogP contribution in [0, 0.1) is 12.3 Å². The van der Waals surface area contributed by atoms with Gasteiger partial charge in [-0.2, -0.15) is 18.3 Å². The monoisotopic (exact) mass is 536 g/mol. The summed E-state index contributed by atoms with van der Waals surface area (Å²) in [6.45, 7) is 0.149. The number of hydrazone groups is 1. The first kappa shape index (κ1) is 24.3. The Morgan fingerprint density at radius 2 is 2.12 bits per heavy atom. The number of nitrogens with zero attached hydrogens (tertiary/aromatic N) is 2. The summed E-state index contributed by atoms with van der Waals surface area (Å²) >= 11 is 4.55. The molecule has 6 nitrogen and oxygen atoms in total. The lowest BCUT2D eigenvalue weighted by atomic mass is 10.2. The van der Waals surface area contributed by atoms with E-state index in [1.807, 2.05) is 0 Å². The standard InChI is InChI=1S/C22H16BrF3N4O2S/c1-2-8-32-19-7-6-14(9-18(19)23)12-27-30-20(31)11-17-13-33-21(29-17)28-16-5-3-4-15(10-16)22(24,25)26/h1,3-7,9-10,12-13H,8,11H2,(H,28,29)(H,30,31)/b27-12-. The molecule has 0 saturated heterocycles. The molecule has 0 radical (unpaired) electrons. The lowest BCUT2D eigenvalue weighted by Gasteiger charge is -2.08. The minimum Gasteiger partial charge on any atom is -0.480 e. The zero-order chi connectivity index (χ0) is 23.8. The number of carbonyl (C=O) groups excluding carboxylic acids is 1. The van der Waals surface area contributed by atoms with Crippen LogP contribution in [-0.4, -0.2) is 23.7 Å². The first-order valence-electron chi connectivity index (χ1n) is 9.31. The van der Waals surface area contributed by atoms with Gasteiger partial charge in [0.25, 0.3) is 0 Å². The number of rotatable bonds is 8. The van der Waals surface area contributed by atoms with Crippen LogP contribution < -0.4 is 15.5 Å². The van der Waals surface area contributed by atoms with Crippen LogP contribution in [-0.2, 0) is 17.4 Å². The molecule has 33 heavy (non-hydrogen) atoms. The summed E-state index contributed by atoms with van der Waals surface area (Å²) in [5.74, 6) is 2.58. The minimum absolute atomic E-state index is 0.0410. The third kappa shape index (κ3) is 7.34. The van der Waals surface area contributed by atoms with Gasteiger partial charge in [0.05, 0.1) is 28.4 Å². The number of carbonyl (C=O) groups is 1. The molecule has 0 aliphatic heterocycles. The normalized spacial score (nSPS) is 11.2. The number of nitrogens with one attached hydrogen (secondary N) is 2. The van der Waals surface area contributed by atoms with Crippen LogP contribution in [0.25, 0.3) is 0 Å². The molecule has 0 unspecified atom stereocenters. The number of hydrogen-bond acceptors (Lipinski definition) is 6. The number of halogens is 4. The fraction of sp³-hybridized carbons (Fsp3) is 0.136. The Hall–Kier alpha value is -3.36. The second-order valence-electron chi connectivity index (χ2n) is 6.50. The molecule has 3 aromatic rings. The number of thiazole rings is 1. The second-order valence-corrected chi connectivity index (χ2v) is 8.21. The van der Waals surface area contributed by atoms with E-state index in [0.29, 0.717) is 21.0 Å². The van der Waals surface area contributed by atoms with Gasteiger partial charge in [-0.25, -0.2) is 10.4 Å². The van der Waals surface area contributed by atoms with Crippen molar-refractivity contribution in [2.45, 2.75) is 12.6 Å². The minimum atomic E-state index is -4.43. The quantitative estimate of drug-likeness (QED) is 0.230. The van der Waals surface area contributed by atoms with E-state index in [2.05, 4.69) is 42.7 Å². The van der Waals surface area contributed by atoms with Gasteiger partial charge < -0.3 is 10.1 Å². The number of hydrogen-bond donors (Lipinski definition) is 2. The van der Waals surface area contributed by atoms with Crippen molar-refractivity contribution >= 4 is 50.2 Å². The Morgan fingerprint density at radius 3 is 2.85 bits per heavy atom. The third-order valence-corrected chi connectivity index (χ3v) is 5.43. The van der Waals surface area contributed by atoms with E-state index in [9.17, 15) is 18.0 Å². The molecule has 0 fully saturated rings. The SMILES string of the molecule is C#CCOc1ccc(/C=N\NC(=O)Cc2csc(Nc3cccc(C(F)(F)F)c3)n2)cc1Br. The van der Waals surface area contributed by atoms with E-state index in [-0.39, 0.29) is 18.7 Å². The van der Waals surface area contributed by atoms with E-state index in [1.54, 1.807) is 23.6 Å². The maximum absolute atomic E-state index is 12.8. The van der Waals surface area contributed by atoms with Gasteiger partial charge in [-0.15, -0.1) is 17.8 Å². The number of amides is 1. The van der Waals surface area contributed by atoms with Crippen molar-refractivity contribution in [1.82, 2.24) is 10.4 Å². The summed E-state index contributed by atoms with van der Waals surface area (Å²) in [7, 11) is 0. The zero-order valence-corrected chi connectivity index (χ0v) is 19.2.